The van der Waals surface area contributed by atoms with Crippen molar-refractivity contribution in [1.29, 1.82) is 0 Å². The predicted molar refractivity (Wildman–Crippen MR) is 46.8 cm³/mol. The maximum absolute atomic E-state index is 5.50. The predicted octanol–water partition coefficient (Wildman–Crippen LogP) is 1.56. The molecule has 0 aliphatic carbocycles. The summed E-state index contributed by atoms with van der Waals surface area (Å²) in [6.07, 6.45) is 5.05. The normalized spacial score (nSPS) is 24.3. The smallest absolute Gasteiger partial charge is 0.0619 e. The van der Waals surface area contributed by atoms with Crippen LogP contribution < -0.4 is 5.32 Å². The molecule has 1 N–H and O–H groups in total. The van der Waals surface area contributed by atoms with E-state index in [1.54, 1.807) is 0 Å². The second kappa shape index (κ2) is 5.56. The van der Waals surface area contributed by atoms with Gasteiger partial charge >= 0.3 is 0 Å². The summed E-state index contributed by atoms with van der Waals surface area (Å²) in [7, 11) is 0. The van der Waals surface area contributed by atoms with Crippen molar-refractivity contribution in [2.24, 2.45) is 0 Å². The summed E-state index contributed by atoms with van der Waals surface area (Å²) < 4.78 is 5.50. The first-order chi connectivity index (χ1) is 5.43. The summed E-state index contributed by atoms with van der Waals surface area (Å²) in [5.41, 5.74) is 0. The topological polar surface area (TPSA) is 21.3 Å². The molecule has 0 unspecified atom stereocenters. The molecular weight excluding hydrogens is 138 g/mol. The fourth-order valence-corrected chi connectivity index (χ4v) is 1.37. The van der Waals surface area contributed by atoms with Crippen molar-refractivity contribution in [3.05, 3.63) is 0 Å². The van der Waals surface area contributed by atoms with E-state index in [-0.39, 0.29) is 0 Å². The molecule has 1 aliphatic rings. The lowest BCUT2D eigenvalue weighted by Crippen LogP contribution is -2.26. The number of nitrogens with one attached hydrogen (secondary N) is 1. The first-order valence-corrected chi connectivity index (χ1v) is 4.74. The highest BCUT2D eigenvalue weighted by Gasteiger charge is 2.12. The zero-order chi connectivity index (χ0) is 7.94. The first kappa shape index (κ1) is 9.01. The van der Waals surface area contributed by atoms with Gasteiger partial charge in [-0.1, -0.05) is 13.3 Å². The molecule has 0 spiro atoms. The van der Waals surface area contributed by atoms with Gasteiger partial charge in [-0.25, -0.2) is 0 Å². The number of hydrogen-bond donors (Lipinski definition) is 1. The van der Waals surface area contributed by atoms with Gasteiger partial charge in [-0.3, -0.25) is 0 Å². The van der Waals surface area contributed by atoms with E-state index in [1.165, 1.54) is 32.2 Å². The molecule has 1 saturated heterocycles. The molecule has 0 amide bonds. The summed E-state index contributed by atoms with van der Waals surface area (Å²) in [5.74, 6) is 0. The van der Waals surface area contributed by atoms with Crippen molar-refractivity contribution in [3.8, 4) is 0 Å². The Morgan fingerprint density at radius 1 is 1.55 bits per heavy atom. The van der Waals surface area contributed by atoms with E-state index in [0.717, 1.165) is 13.2 Å². The van der Waals surface area contributed by atoms with Gasteiger partial charge in [0.15, 0.2) is 0 Å². The minimum Gasteiger partial charge on any atom is -0.380 e. The van der Waals surface area contributed by atoms with E-state index < -0.39 is 0 Å². The van der Waals surface area contributed by atoms with Gasteiger partial charge in [-0.05, 0) is 25.8 Å². The molecule has 66 valence electrons. The second-order valence-electron chi connectivity index (χ2n) is 3.22. The van der Waals surface area contributed by atoms with Gasteiger partial charge in [-0.15, -0.1) is 0 Å². The van der Waals surface area contributed by atoms with E-state index in [4.69, 9.17) is 4.74 Å². The molecule has 11 heavy (non-hydrogen) atoms. The van der Waals surface area contributed by atoms with E-state index in [0.29, 0.717) is 6.04 Å². The Morgan fingerprint density at radius 3 is 3.09 bits per heavy atom. The Hall–Kier alpha value is -0.0800. The summed E-state index contributed by atoms with van der Waals surface area (Å²) in [6.45, 7) is 5.23. The number of unbranched alkanes of at least 4 members (excludes halogenated alkanes) is 1. The molecule has 1 aliphatic heterocycles. The van der Waals surface area contributed by atoms with Crippen molar-refractivity contribution in [2.45, 2.75) is 38.6 Å². The van der Waals surface area contributed by atoms with Gasteiger partial charge in [0.05, 0.1) is 6.61 Å². The lowest BCUT2D eigenvalue weighted by atomic mass is 10.2. The standard InChI is InChI=1S/C9H19NO/c1-2-3-7-11-8-9-5-4-6-10-9/h9-10H,2-8H2,1H3/t9-/m0/s1. The van der Waals surface area contributed by atoms with Crippen LogP contribution in [0.15, 0.2) is 0 Å². The van der Waals surface area contributed by atoms with E-state index in [1.807, 2.05) is 0 Å². The molecule has 0 aromatic heterocycles. The zero-order valence-corrected chi connectivity index (χ0v) is 7.44. The molecular formula is C9H19NO. The fraction of sp³-hybridized carbons (Fsp3) is 1.00. The Labute approximate surface area is 69.3 Å². The monoisotopic (exact) mass is 157 g/mol. The zero-order valence-electron chi connectivity index (χ0n) is 7.44. The molecule has 0 radical (unpaired) electrons. The molecule has 0 bridgehead atoms. The van der Waals surface area contributed by atoms with Gasteiger partial charge < -0.3 is 10.1 Å². The number of rotatable bonds is 5. The van der Waals surface area contributed by atoms with Crippen LogP contribution >= 0.6 is 0 Å². The lowest BCUT2D eigenvalue weighted by Gasteiger charge is -2.09. The lowest BCUT2D eigenvalue weighted by molar-refractivity contribution is 0.113. The number of hydrogen-bond acceptors (Lipinski definition) is 2. The second-order valence-corrected chi connectivity index (χ2v) is 3.22. The fourth-order valence-electron chi connectivity index (χ4n) is 1.37. The van der Waals surface area contributed by atoms with Crippen LogP contribution in [0.2, 0.25) is 0 Å². The average molecular weight is 157 g/mol. The van der Waals surface area contributed by atoms with Crippen molar-refractivity contribution < 1.29 is 4.74 Å². The van der Waals surface area contributed by atoms with Crippen molar-refractivity contribution in [1.82, 2.24) is 5.32 Å². The van der Waals surface area contributed by atoms with E-state index >= 15 is 0 Å². The van der Waals surface area contributed by atoms with Gasteiger partial charge in [0.25, 0.3) is 0 Å². The van der Waals surface area contributed by atoms with Gasteiger partial charge in [0.2, 0.25) is 0 Å². The van der Waals surface area contributed by atoms with Gasteiger partial charge in [0.1, 0.15) is 0 Å². The molecule has 2 heteroatoms. The molecule has 0 aromatic rings. The van der Waals surface area contributed by atoms with Crippen molar-refractivity contribution in [2.75, 3.05) is 19.8 Å². The van der Waals surface area contributed by atoms with Crippen LogP contribution in [0, 0.1) is 0 Å². The minimum atomic E-state index is 0.645. The van der Waals surface area contributed by atoms with Crippen LogP contribution in [0.3, 0.4) is 0 Å². The molecule has 1 fully saturated rings. The van der Waals surface area contributed by atoms with Crippen LogP contribution in [0.4, 0.5) is 0 Å². The summed E-state index contributed by atoms with van der Waals surface area (Å²) in [5, 5.41) is 3.41. The van der Waals surface area contributed by atoms with Crippen molar-refractivity contribution >= 4 is 0 Å². The molecule has 1 heterocycles. The largest absolute Gasteiger partial charge is 0.380 e. The van der Waals surface area contributed by atoms with Crippen LogP contribution in [0.1, 0.15) is 32.6 Å². The van der Waals surface area contributed by atoms with Gasteiger partial charge in [-0.2, -0.15) is 0 Å². The molecule has 0 aromatic carbocycles. The van der Waals surface area contributed by atoms with Crippen LogP contribution in [0.25, 0.3) is 0 Å². The molecule has 1 atom stereocenters. The number of ether oxygens (including phenoxy) is 1. The molecule has 0 saturated carbocycles. The highest BCUT2D eigenvalue weighted by Crippen LogP contribution is 2.04. The third-order valence-corrected chi connectivity index (χ3v) is 2.12. The Bertz CT molecular complexity index is 89.6. The van der Waals surface area contributed by atoms with Crippen LogP contribution in [0.5, 0.6) is 0 Å². The van der Waals surface area contributed by atoms with Crippen LogP contribution in [-0.2, 0) is 4.74 Å². The quantitative estimate of drug-likeness (QED) is 0.611. The Morgan fingerprint density at radius 2 is 2.45 bits per heavy atom. The van der Waals surface area contributed by atoms with E-state index in [9.17, 15) is 0 Å². The first-order valence-electron chi connectivity index (χ1n) is 4.74. The summed E-state index contributed by atoms with van der Waals surface area (Å²) in [6, 6.07) is 0.645. The maximum Gasteiger partial charge on any atom is 0.0619 e. The van der Waals surface area contributed by atoms with Gasteiger partial charge in [0, 0.05) is 12.6 Å². The van der Waals surface area contributed by atoms with E-state index in [2.05, 4.69) is 12.2 Å². The van der Waals surface area contributed by atoms with Crippen LogP contribution in [-0.4, -0.2) is 25.8 Å². The highest BCUT2D eigenvalue weighted by molar-refractivity contribution is 4.72. The minimum absolute atomic E-state index is 0.645. The third-order valence-electron chi connectivity index (χ3n) is 2.12. The summed E-state index contributed by atoms with van der Waals surface area (Å²) in [4.78, 5) is 0. The Kier molecular flexibility index (Phi) is 4.55. The SMILES string of the molecule is CCCCOC[C@@H]1CCCN1. The van der Waals surface area contributed by atoms with Crippen molar-refractivity contribution in [3.63, 3.8) is 0 Å². The summed E-state index contributed by atoms with van der Waals surface area (Å²) >= 11 is 0. The highest BCUT2D eigenvalue weighted by atomic mass is 16.5. The maximum atomic E-state index is 5.50. The average Bonchev–Trinajstić information content (AvgIpc) is 2.50. The Balaban J connectivity index is 1.86. The molecule has 1 rings (SSSR count). The third kappa shape index (κ3) is 3.73. The molecule has 2 nitrogen and oxygen atoms in total.